The first kappa shape index (κ1) is 17.7. The lowest BCUT2D eigenvalue weighted by Crippen LogP contribution is -2.45. The van der Waals surface area contributed by atoms with E-state index in [1.807, 2.05) is 59.3 Å². The van der Waals surface area contributed by atoms with Crippen molar-refractivity contribution in [2.75, 3.05) is 13.1 Å². The van der Waals surface area contributed by atoms with E-state index in [9.17, 15) is 9.59 Å². The third-order valence-corrected chi connectivity index (χ3v) is 5.72. The molecule has 146 valence electrons. The number of carbonyl (C=O) groups is 2. The summed E-state index contributed by atoms with van der Waals surface area (Å²) in [6.45, 7) is 1.23. The minimum Gasteiger partial charge on any atom is -0.484 e. The van der Waals surface area contributed by atoms with Crippen molar-refractivity contribution >= 4 is 11.7 Å². The van der Waals surface area contributed by atoms with Crippen molar-refractivity contribution in [1.82, 2.24) is 14.5 Å². The fourth-order valence-corrected chi connectivity index (χ4v) is 4.26. The van der Waals surface area contributed by atoms with E-state index in [0.717, 1.165) is 11.4 Å². The number of amides is 1. The van der Waals surface area contributed by atoms with Crippen LogP contribution < -0.4 is 4.74 Å². The zero-order valence-corrected chi connectivity index (χ0v) is 16.0. The van der Waals surface area contributed by atoms with Gasteiger partial charge >= 0.3 is 0 Å². The maximum absolute atomic E-state index is 13.0. The van der Waals surface area contributed by atoms with E-state index < -0.39 is 5.60 Å². The molecule has 0 bridgehead atoms. The lowest BCUT2D eigenvalue weighted by molar-refractivity contribution is -0.131. The van der Waals surface area contributed by atoms with Crippen LogP contribution in [0.1, 0.15) is 23.2 Å². The molecule has 2 aromatic carbocycles. The minimum atomic E-state index is -0.613. The van der Waals surface area contributed by atoms with Crippen molar-refractivity contribution in [3.8, 4) is 17.1 Å². The van der Waals surface area contributed by atoms with Gasteiger partial charge < -0.3 is 14.2 Å². The number of likely N-dealkylation sites (tertiary alicyclic amines) is 1. The topological polar surface area (TPSA) is 64.4 Å². The van der Waals surface area contributed by atoms with E-state index in [2.05, 4.69) is 4.98 Å². The molecular formula is C23H21N3O3. The molecule has 1 fully saturated rings. The van der Waals surface area contributed by atoms with Gasteiger partial charge in [0.05, 0.1) is 18.5 Å². The molecule has 2 aliphatic heterocycles. The van der Waals surface area contributed by atoms with Gasteiger partial charge in [0.1, 0.15) is 23.7 Å². The van der Waals surface area contributed by atoms with Gasteiger partial charge in [0.2, 0.25) is 5.91 Å². The van der Waals surface area contributed by atoms with Gasteiger partial charge in [-0.25, -0.2) is 4.98 Å². The lowest BCUT2D eigenvalue weighted by atomic mass is 9.89. The van der Waals surface area contributed by atoms with Crippen LogP contribution in [0.2, 0.25) is 0 Å². The average Bonchev–Trinajstić information content (AvgIpc) is 3.36. The van der Waals surface area contributed by atoms with Crippen molar-refractivity contribution in [2.24, 2.45) is 0 Å². The first-order valence-corrected chi connectivity index (χ1v) is 9.79. The summed E-state index contributed by atoms with van der Waals surface area (Å²) in [5.41, 5.74) is 0.994. The van der Waals surface area contributed by atoms with E-state index in [-0.39, 0.29) is 18.2 Å². The number of hydrogen-bond acceptors (Lipinski definition) is 4. The molecule has 3 aromatic rings. The number of Topliss-reactive ketones (excluding diaryl/α,β-unsaturated/α-hetero) is 1. The summed E-state index contributed by atoms with van der Waals surface area (Å²) in [4.78, 5) is 31.8. The Morgan fingerprint density at radius 3 is 2.76 bits per heavy atom. The summed E-state index contributed by atoms with van der Waals surface area (Å²) >= 11 is 0. The Balaban J connectivity index is 1.31. The first-order valence-electron chi connectivity index (χ1n) is 9.79. The van der Waals surface area contributed by atoms with Crippen LogP contribution in [0.15, 0.2) is 67.0 Å². The molecule has 1 spiro atoms. The number of imidazole rings is 1. The maximum atomic E-state index is 13.0. The van der Waals surface area contributed by atoms with Crippen LogP contribution in [-0.2, 0) is 11.3 Å². The molecule has 1 amide bonds. The zero-order chi connectivity index (χ0) is 19.8. The van der Waals surface area contributed by atoms with Crippen LogP contribution in [0.25, 0.3) is 11.4 Å². The third-order valence-electron chi connectivity index (χ3n) is 5.72. The Kier molecular flexibility index (Phi) is 4.19. The van der Waals surface area contributed by atoms with Crippen LogP contribution >= 0.6 is 0 Å². The summed E-state index contributed by atoms with van der Waals surface area (Å²) in [5.74, 6) is 1.49. The SMILES string of the molecule is O=C1CC2(CCN(C(=O)Cn3ccnc3-c3ccccc3)C2)Oc2ccccc21. The summed E-state index contributed by atoms with van der Waals surface area (Å²) in [6, 6.07) is 17.2. The molecular weight excluding hydrogens is 366 g/mol. The monoisotopic (exact) mass is 387 g/mol. The summed E-state index contributed by atoms with van der Waals surface area (Å²) in [7, 11) is 0. The Labute approximate surface area is 168 Å². The van der Waals surface area contributed by atoms with Gasteiger partial charge in [-0.2, -0.15) is 0 Å². The van der Waals surface area contributed by atoms with Crippen LogP contribution in [0.4, 0.5) is 0 Å². The van der Waals surface area contributed by atoms with Gasteiger partial charge in [-0.05, 0) is 12.1 Å². The number of ketones is 1. The van der Waals surface area contributed by atoms with Crippen molar-refractivity contribution in [1.29, 1.82) is 0 Å². The molecule has 1 aromatic heterocycles. The number of hydrogen-bond donors (Lipinski definition) is 0. The Morgan fingerprint density at radius 2 is 1.90 bits per heavy atom. The number of rotatable bonds is 3. The van der Waals surface area contributed by atoms with Crippen molar-refractivity contribution in [3.63, 3.8) is 0 Å². The zero-order valence-electron chi connectivity index (χ0n) is 16.0. The molecule has 29 heavy (non-hydrogen) atoms. The van der Waals surface area contributed by atoms with Gasteiger partial charge in [-0.3, -0.25) is 9.59 Å². The Bertz CT molecular complexity index is 1080. The molecule has 6 nitrogen and oxygen atoms in total. The van der Waals surface area contributed by atoms with Crippen LogP contribution in [0.5, 0.6) is 5.75 Å². The van der Waals surface area contributed by atoms with Gasteiger partial charge in [0.25, 0.3) is 0 Å². The molecule has 0 N–H and O–H groups in total. The standard InChI is InChI=1S/C23H21N3O3/c27-19-14-23(29-20-9-5-4-8-18(19)20)10-12-26(16-23)21(28)15-25-13-11-24-22(25)17-6-2-1-3-7-17/h1-9,11,13H,10,12,14-16H2. The number of nitrogens with zero attached hydrogens (tertiary/aromatic N) is 3. The number of para-hydroxylation sites is 1. The van der Waals surface area contributed by atoms with Crippen LogP contribution in [-0.4, -0.2) is 44.8 Å². The van der Waals surface area contributed by atoms with Crippen molar-refractivity contribution in [2.45, 2.75) is 25.0 Å². The second kappa shape index (κ2) is 6.88. The van der Waals surface area contributed by atoms with E-state index in [1.165, 1.54) is 0 Å². The first-order chi connectivity index (χ1) is 14.1. The van der Waals surface area contributed by atoms with Crippen LogP contribution in [0, 0.1) is 0 Å². The molecule has 0 saturated carbocycles. The molecule has 0 radical (unpaired) electrons. The normalized spacial score (nSPS) is 20.6. The molecule has 6 heteroatoms. The van der Waals surface area contributed by atoms with Crippen LogP contribution in [0.3, 0.4) is 0 Å². The van der Waals surface area contributed by atoms with Gasteiger partial charge in [0, 0.05) is 30.9 Å². The number of carbonyl (C=O) groups excluding carboxylic acids is 2. The molecule has 3 heterocycles. The summed E-state index contributed by atoms with van der Waals surface area (Å²) in [5, 5.41) is 0. The largest absolute Gasteiger partial charge is 0.484 e. The molecule has 1 atom stereocenters. The average molecular weight is 387 g/mol. The quantitative estimate of drug-likeness (QED) is 0.692. The maximum Gasteiger partial charge on any atom is 0.242 e. The third kappa shape index (κ3) is 3.20. The predicted molar refractivity (Wildman–Crippen MR) is 108 cm³/mol. The van der Waals surface area contributed by atoms with E-state index >= 15 is 0 Å². The number of ether oxygens (including phenoxy) is 1. The van der Waals surface area contributed by atoms with Gasteiger partial charge in [0.15, 0.2) is 5.78 Å². The predicted octanol–water partition coefficient (Wildman–Crippen LogP) is 3.19. The fraction of sp³-hybridized carbons (Fsp3) is 0.261. The van der Waals surface area contributed by atoms with E-state index in [0.29, 0.717) is 37.2 Å². The van der Waals surface area contributed by atoms with E-state index in [4.69, 9.17) is 4.74 Å². The Morgan fingerprint density at radius 1 is 1.10 bits per heavy atom. The highest BCUT2D eigenvalue weighted by Gasteiger charge is 2.46. The second-order valence-electron chi connectivity index (χ2n) is 7.69. The summed E-state index contributed by atoms with van der Waals surface area (Å²) in [6.07, 6.45) is 4.51. The number of aromatic nitrogens is 2. The fourth-order valence-electron chi connectivity index (χ4n) is 4.26. The smallest absolute Gasteiger partial charge is 0.242 e. The lowest BCUT2D eigenvalue weighted by Gasteiger charge is -2.34. The number of benzene rings is 2. The van der Waals surface area contributed by atoms with Crippen molar-refractivity contribution in [3.05, 3.63) is 72.6 Å². The Hall–Kier alpha value is -3.41. The molecule has 2 aliphatic rings. The van der Waals surface area contributed by atoms with E-state index in [1.54, 1.807) is 17.2 Å². The highest BCUT2D eigenvalue weighted by molar-refractivity contribution is 6.00. The van der Waals surface area contributed by atoms with Crippen molar-refractivity contribution < 1.29 is 14.3 Å². The van der Waals surface area contributed by atoms with Gasteiger partial charge in [-0.1, -0.05) is 42.5 Å². The minimum absolute atomic E-state index is 0.00645. The molecule has 1 unspecified atom stereocenters. The molecule has 0 aliphatic carbocycles. The second-order valence-corrected chi connectivity index (χ2v) is 7.69. The molecule has 1 saturated heterocycles. The molecule has 5 rings (SSSR count). The highest BCUT2D eigenvalue weighted by atomic mass is 16.5. The van der Waals surface area contributed by atoms with Gasteiger partial charge in [-0.15, -0.1) is 0 Å². The summed E-state index contributed by atoms with van der Waals surface area (Å²) < 4.78 is 8.09. The number of fused-ring (bicyclic) bond motifs is 1. The highest BCUT2D eigenvalue weighted by Crippen LogP contribution is 2.38.